The van der Waals surface area contributed by atoms with Gasteiger partial charge in [0.1, 0.15) is 0 Å². The van der Waals surface area contributed by atoms with Crippen LogP contribution in [0, 0.1) is 37.0 Å². The lowest BCUT2D eigenvalue weighted by atomic mass is 9.84. The highest BCUT2D eigenvalue weighted by atomic mass is 35.5. The Morgan fingerprint density at radius 3 is 1.00 bits per heavy atom. The van der Waals surface area contributed by atoms with E-state index in [-0.39, 0.29) is 46.1 Å². The van der Waals surface area contributed by atoms with Gasteiger partial charge in [0.25, 0.3) is 0 Å². The lowest BCUT2D eigenvalue weighted by Crippen LogP contribution is -2.47. The molecule has 6 aromatic rings. The monoisotopic (exact) mass is 1390 g/mol. The molecule has 0 N–H and O–H groups in total. The van der Waals surface area contributed by atoms with E-state index in [2.05, 4.69) is 22.4 Å². The quantitative estimate of drug-likeness (QED) is 0.0903. The molecule has 12 nitrogen and oxygen atoms in total. The van der Waals surface area contributed by atoms with Gasteiger partial charge in [0.05, 0.1) is 28.6 Å². The van der Waals surface area contributed by atoms with E-state index in [9.17, 15) is 27.0 Å². The maximum atomic E-state index is 12.8. The van der Waals surface area contributed by atoms with Gasteiger partial charge in [-0.3, -0.25) is 18.6 Å². The molecule has 3 unspecified atom stereocenters. The number of hydrogen-bond acceptors (Lipinski definition) is 13. The first-order valence-electron chi connectivity index (χ1n) is 29.3. The van der Waals surface area contributed by atoms with E-state index in [1.165, 1.54) is 0 Å². The van der Waals surface area contributed by atoms with Crippen molar-refractivity contribution in [1.82, 2.24) is 0 Å². The second kappa shape index (κ2) is 26.0. The summed E-state index contributed by atoms with van der Waals surface area (Å²) >= 11 is 38.8. The Labute approximate surface area is 563 Å². The maximum absolute atomic E-state index is 12.8. The largest absolute Gasteiger partial charge is 0.384 e. The number of ketones is 3. The number of benzene rings is 6. The van der Waals surface area contributed by atoms with E-state index in [0.29, 0.717) is 84.9 Å². The van der Waals surface area contributed by atoms with Crippen molar-refractivity contribution in [3.05, 3.63) is 206 Å². The Hall–Kier alpha value is -5.07. The minimum atomic E-state index is -2.98. The van der Waals surface area contributed by atoms with Crippen LogP contribution in [0.25, 0.3) is 0 Å². The molecule has 0 bridgehead atoms. The van der Waals surface area contributed by atoms with Gasteiger partial charge < -0.3 is 14.5 Å². The molecule has 474 valence electrons. The number of rotatable bonds is 15. The van der Waals surface area contributed by atoms with Crippen molar-refractivity contribution in [2.45, 2.75) is 118 Å². The number of nitrogens with zero attached hydrogens (tertiary/aromatic N) is 3. The molecule has 6 aliphatic heterocycles. The summed E-state index contributed by atoms with van der Waals surface area (Å²) in [7, 11) is -3.75. The van der Waals surface area contributed by atoms with Crippen LogP contribution in [-0.2, 0) is 52.0 Å². The molecule has 12 rings (SSSR count). The average Bonchev–Trinajstić information content (AvgIpc) is 1.12. The van der Waals surface area contributed by atoms with Crippen LogP contribution in [-0.4, -0.2) is 81.6 Å². The molecule has 0 saturated carbocycles. The standard InChI is InChI=1S/C23H23Cl2NO4S.C23H23Cl2NO3S.C23H23Cl2NO2S/c1-14-6-15(4-5-19(14)21(27)11-22(2)12-31(28,29)13-22)20-10-23(3,30-26-20)16-7-17(24)9-18(25)8-16;1-14-6-15(4-5-19(14)21(27)11-22(2)12-30(28)13-22)20-10-23(3,29-26-20)16-7-17(24)9-18(25)8-16;1-14-6-15(4-5-19(14)21(27)11-22(2)12-29-13-22)20-10-23(3,28-26-20)16-7-17(24)9-18(25)8-16/h4-9H,10-13H2,1-3H3;4-9H,10-13H2,1-3H3;4-9H,10-13H2,1-3H3. The van der Waals surface area contributed by atoms with Crippen LogP contribution in [0.1, 0.15) is 161 Å². The second-order valence-electron chi connectivity index (χ2n) is 26.7. The molecule has 6 heterocycles. The number of sulfone groups is 1. The van der Waals surface area contributed by atoms with Crippen LogP contribution in [0.2, 0.25) is 30.1 Å². The summed E-state index contributed by atoms with van der Waals surface area (Å²) in [5.74, 6) is 3.77. The predicted molar refractivity (Wildman–Crippen MR) is 367 cm³/mol. The zero-order valence-corrected chi connectivity index (χ0v) is 58.4. The third kappa shape index (κ3) is 15.4. The number of carbonyl (C=O) groups excluding carboxylic acids is 3. The average molecular weight is 1390 g/mol. The molecule has 6 aliphatic rings. The summed E-state index contributed by atoms with van der Waals surface area (Å²) in [4.78, 5) is 55.7. The van der Waals surface area contributed by atoms with Crippen molar-refractivity contribution in [3.63, 3.8) is 0 Å². The van der Waals surface area contributed by atoms with E-state index in [0.717, 1.165) is 84.3 Å². The minimum absolute atomic E-state index is 0.0375. The van der Waals surface area contributed by atoms with Crippen molar-refractivity contribution in [1.29, 1.82) is 0 Å². The van der Waals surface area contributed by atoms with Crippen LogP contribution in [0.4, 0.5) is 0 Å². The van der Waals surface area contributed by atoms with Crippen molar-refractivity contribution < 1.29 is 41.5 Å². The Balaban J connectivity index is 0.000000149. The van der Waals surface area contributed by atoms with Gasteiger partial charge in [-0.25, -0.2) is 8.42 Å². The lowest BCUT2D eigenvalue weighted by molar-refractivity contribution is -0.00755. The third-order valence-electron chi connectivity index (χ3n) is 17.4. The van der Waals surface area contributed by atoms with Gasteiger partial charge in [-0.15, -0.1) is 0 Å². The zero-order valence-electron chi connectivity index (χ0n) is 51.4. The van der Waals surface area contributed by atoms with Crippen LogP contribution >= 0.6 is 81.4 Å². The summed E-state index contributed by atoms with van der Waals surface area (Å²) in [5, 5.41) is 16.3. The van der Waals surface area contributed by atoms with Crippen LogP contribution < -0.4 is 0 Å². The summed E-state index contributed by atoms with van der Waals surface area (Å²) < 4.78 is 34.5. The number of thioether (sulfide) groups is 1. The van der Waals surface area contributed by atoms with Crippen LogP contribution in [0.5, 0.6) is 0 Å². The zero-order chi connectivity index (χ0) is 65.1. The highest BCUT2D eigenvalue weighted by Crippen LogP contribution is 2.45. The van der Waals surface area contributed by atoms with Crippen molar-refractivity contribution >= 4 is 136 Å². The third-order valence-corrected chi connectivity index (χ3v) is 24.8. The number of hydrogen-bond donors (Lipinski definition) is 0. The number of halogens is 6. The summed E-state index contributed by atoms with van der Waals surface area (Å²) in [6.07, 6.45) is 2.97. The molecular formula is C69H69Cl6N3O9S3. The van der Waals surface area contributed by atoms with E-state index in [1.54, 1.807) is 24.3 Å². The highest BCUT2D eigenvalue weighted by molar-refractivity contribution is 8.00. The predicted octanol–water partition coefficient (Wildman–Crippen LogP) is 17.7. The molecule has 3 saturated heterocycles. The SMILES string of the molecule is Cc1cc(C2=NOC(C)(c3cc(Cl)cc(Cl)c3)C2)ccc1C(=O)CC1(C)CS(=O)(=O)C1.Cc1cc(C2=NOC(C)(c3cc(Cl)cc(Cl)c3)C2)ccc1C(=O)CC1(C)CS(=O)C1.Cc1cc(C2=NOC(C)(c3cc(Cl)cc(Cl)c3)C2)ccc1C(=O)CC1(C)CSC1. The van der Waals surface area contributed by atoms with Gasteiger partial charge >= 0.3 is 0 Å². The molecule has 0 aliphatic carbocycles. The van der Waals surface area contributed by atoms with Gasteiger partial charge in [-0.1, -0.05) is 142 Å². The van der Waals surface area contributed by atoms with Crippen LogP contribution in [0.3, 0.4) is 0 Å². The van der Waals surface area contributed by atoms with Gasteiger partial charge in [0.15, 0.2) is 44.0 Å². The normalized spacial score (nSPS) is 24.7. The second-order valence-corrected chi connectivity index (χ2v) is 33.8. The van der Waals surface area contributed by atoms with Crippen molar-refractivity contribution in [3.8, 4) is 0 Å². The maximum Gasteiger partial charge on any atom is 0.165 e. The van der Waals surface area contributed by atoms with Gasteiger partial charge in [0, 0.05) is 130 Å². The minimum Gasteiger partial charge on any atom is -0.384 e. The first kappa shape index (κ1) is 67.8. The summed E-state index contributed by atoms with van der Waals surface area (Å²) in [5.41, 5.74) is 10.2. The molecule has 21 heteroatoms. The van der Waals surface area contributed by atoms with Gasteiger partial charge in [-0.05, 0) is 170 Å². The van der Waals surface area contributed by atoms with E-state index in [4.69, 9.17) is 84.1 Å². The Morgan fingerprint density at radius 2 is 0.744 bits per heavy atom. The molecule has 3 fully saturated rings. The molecule has 90 heavy (non-hydrogen) atoms. The summed E-state index contributed by atoms with van der Waals surface area (Å²) in [6.45, 7) is 17.7. The number of oxime groups is 3. The van der Waals surface area contributed by atoms with E-state index in [1.807, 2.05) is 152 Å². The molecule has 0 aromatic heterocycles. The fraction of sp³-hybridized carbons (Fsp3) is 0.391. The van der Waals surface area contributed by atoms with E-state index < -0.39 is 42.9 Å². The highest BCUT2D eigenvalue weighted by Gasteiger charge is 2.47. The Kier molecular flexibility index (Phi) is 19.6. The number of aryl methyl sites for hydroxylation is 3. The topological polar surface area (TPSA) is 167 Å². The Morgan fingerprint density at radius 1 is 0.456 bits per heavy atom. The van der Waals surface area contributed by atoms with Gasteiger partial charge in [0.2, 0.25) is 0 Å². The smallest absolute Gasteiger partial charge is 0.165 e. The number of carbonyl (C=O) groups is 3. The summed E-state index contributed by atoms with van der Waals surface area (Å²) in [6, 6.07) is 33.4. The fourth-order valence-corrected chi connectivity index (χ4v) is 19.2. The molecule has 0 amide bonds. The lowest BCUT2D eigenvalue weighted by Gasteiger charge is -2.37. The molecular weight excluding hydrogens is 1320 g/mol. The van der Waals surface area contributed by atoms with Crippen molar-refractivity contribution in [2.24, 2.45) is 31.7 Å². The molecule has 6 aromatic carbocycles. The van der Waals surface area contributed by atoms with E-state index >= 15 is 0 Å². The fourth-order valence-electron chi connectivity index (χ4n) is 12.6. The molecule has 0 radical (unpaired) electrons. The molecule has 0 spiro atoms. The van der Waals surface area contributed by atoms with Crippen molar-refractivity contribution in [2.75, 3.05) is 34.5 Å². The first-order chi connectivity index (χ1) is 42.1. The van der Waals surface area contributed by atoms with Crippen LogP contribution in [0.15, 0.2) is 125 Å². The molecule has 3 atom stereocenters. The first-order valence-corrected chi connectivity index (χ1v) is 36.1. The Bertz CT molecular complexity index is 4090. The van der Waals surface area contributed by atoms with Gasteiger partial charge in [-0.2, -0.15) is 11.8 Å². The number of Topliss-reactive ketones (excluding diaryl/α,β-unsaturated/α-hetero) is 3.